The zero-order valence-corrected chi connectivity index (χ0v) is 11.2. The monoisotopic (exact) mass is 249 g/mol. The second kappa shape index (κ2) is 6.64. The molecule has 0 amide bonds. The maximum absolute atomic E-state index is 6.05. The number of ether oxygens (including phenoxy) is 2. The Morgan fingerprint density at radius 3 is 2.61 bits per heavy atom. The van der Waals surface area contributed by atoms with Crippen LogP contribution >= 0.6 is 0 Å². The van der Waals surface area contributed by atoms with Crippen molar-refractivity contribution in [2.45, 2.75) is 44.6 Å². The van der Waals surface area contributed by atoms with Gasteiger partial charge in [-0.3, -0.25) is 0 Å². The topological polar surface area (TPSA) is 44.5 Å². The third-order valence-electron chi connectivity index (χ3n) is 3.51. The van der Waals surface area contributed by atoms with Gasteiger partial charge >= 0.3 is 0 Å². The Kier molecular flexibility index (Phi) is 4.88. The van der Waals surface area contributed by atoms with E-state index in [4.69, 9.17) is 15.2 Å². The van der Waals surface area contributed by atoms with Crippen LogP contribution in [0, 0.1) is 0 Å². The quantitative estimate of drug-likeness (QED) is 0.872. The molecule has 0 atom stereocenters. The van der Waals surface area contributed by atoms with Crippen LogP contribution in [0.5, 0.6) is 11.5 Å². The molecule has 1 fully saturated rings. The number of hydrogen-bond donors (Lipinski definition) is 1. The average molecular weight is 249 g/mol. The van der Waals surface area contributed by atoms with Crippen molar-refractivity contribution in [2.75, 3.05) is 13.7 Å². The molecule has 0 spiro atoms. The molecule has 0 bridgehead atoms. The molecule has 1 aromatic rings. The van der Waals surface area contributed by atoms with Crippen LogP contribution in [0.3, 0.4) is 0 Å². The predicted octanol–water partition coefficient (Wildman–Crippen LogP) is 2.91. The third kappa shape index (κ3) is 3.39. The van der Waals surface area contributed by atoms with Crippen LogP contribution in [0.25, 0.3) is 0 Å². The van der Waals surface area contributed by atoms with E-state index >= 15 is 0 Å². The lowest BCUT2D eigenvalue weighted by Gasteiger charge is -2.24. The minimum Gasteiger partial charge on any atom is -0.493 e. The van der Waals surface area contributed by atoms with E-state index in [1.807, 2.05) is 12.1 Å². The van der Waals surface area contributed by atoms with Gasteiger partial charge in [-0.15, -0.1) is 0 Å². The van der Waals surface area contributed by atoms with E-state index in [0.717, 1.165) is 30.8 Å². The fraction of sp³-hybridized carbons (Fsp3) is 0.600. The molecule has 3 heteroatoms. The van der Waals surface area contributed by atoms with Crippen molar-refractivity contribution in [3.63, 3.8) is 0 Å². The number of benzene rings is 1. The molecule has 1 aromatic carbocycles. The summed E-state index contributed by atoms with van der Waals surface area (Å²) in [6.07, 6.45) is 7.44. The van der Waals surface area contributed by atoms with E-state index in [0.29, 0.717) is 12.6 Å². The van der Waals surface area contributed by atoms with Crippen LogP contribution in [0.15, 0.2) is 18.2 Å². The van der Waals surface area contributed by atoms with Crippen LogP contribution < -0.4 is 15.2 Å². The molecule has 1 aliphatic rings. The van der Waals surface area contributed by atoms with Gasteiger partial charge in [0.1, 0.15) is 0 Å². The smallest absolute Gasteiger partial charge is 0.161 e. The van der Waals surface area contributed by atoms with Crippen LogP contribution in [0.1, 0.15) is 37.7 Å². The molecule has 100 valence electrons. The van der Waals surface area contributed by atoms with E-state index in [1.54, 1.807) is 7.11 Å². The summed E-state index contributed by atoms with van der Waals surface area (Å²) >= 11 is 0. The summed E-state index contributed by atoms with van der Waals surface area (Å²) < 4.78 is 11.5. The number of rotatable bonds is 5. The normalized spacial score (nSPS) is 16.6. The predicted molar refractivity (Wildman–Crippen MR) is 73.3 cm³/mol. The highest BCUT2D eigenvalue weighted by molar-refractivity contribution is 5.43. The molecule has 2 N–H and O–H groups in total. The van der Waals surface area contributed by atoms with Crippen molar-refractivity contribution in [2.24, 2.45) is 5.73 Å². The number of methoxy groups -OCH3 is 1. The van der Waals surface area contributed by atoms with Crippen molar-refractivity contribution < 1.29 is 9.47 Å². The zero-order chi connectivity index (χ0) is 12.8. The summed E-state index contributed by atoms with van der Waals surface area (Å²) in [7, 11) is 1.69. The molecular formula is C15H23NO2. The van der Waals surface area contributed by atoms with Gasteiger partial charge in [0.2, 0.25) is 0 Å². The van der Waals surface area contributed by atoms with Gasteiger partial charge in [-0.25, -0.2) is 0 Å². The molecule has 18 heavy (non-hydrogen) atoms. The molecule has 3 nitrogen and oxygen atoms in total. The zero-order valence-electron chi connectivity index (χ0n) is 11.2. The molecule has 0 saturated heterocycles. The first-order valence-electron chi connectivity index (χ1n) is 6.87. The van der Waals surface area contributed by atoms with Gasteiger partial charge in [-0.05, 0) is 56.3 Å². The van der Waals surface area contributed by atoms with Gasteiger partial charge in [0, 0.05) is 0 Å². The first-order chi connectivity index (χ1) is 8.83. The largest absolute Gasteiger partial charge is 0.493 e. The van der Waals surface area contributed by atoms with Crippen LogP contribution in [0.4, 0.5) is 0 Å². The van der Waals surface area contributed by atoms with E-state index < -0.39 is 0 Å². The standard InChI is InChI=1S/C15H23NO2/c1-17-15-11-12(9-10-16)7-8-14(15)18-13-5-3-2-4-6-13/h7-8,11,13H,2-6,9-10,16H2,1H3. The Morgan fingerprint density at radius 2 is 1.94 bits per heavy atom. The van der Waals surface area contributed by atoms with Crippen molar-refractivity contribution in [1.29, 1.82) is 0 Å². The lowest BCUT2D eigenvalue weighted by Crippen LogP contribution is -2.19. The van der Waals surface area contributed by atoms with Gasteiger partial charge in [0.25, 0.3) is 0 Å². The Bertz CT molecular complexity index is 373. The van der Waals surface area contributed by atoms with E-state index in [2.05, 4.69) is 6.07 Å². The fourth-order valence-electron chi connectivity index (χ4n) is 2.49. The minimum absolute atomic E-state index is 0.355. The molecule has 1 saturated carbocycles. The first-order valence-corrected chi connectivity index (χ1v) is 6.87. The number of nitrogens with two attached hydrogens (primary N) is 1. The van der Waals surface area contributed by atoms with E-state index in [9.17, 15) is 0 Å². The Morgan fingerprint density at radius 1 is 1.17 bits per heavy atom. The molecule has 0 unspecified atom stereocenters. The van der Waals surface area contributed by atoms with E-state index in [-0.39, 0.29) is 0 Å². The molecule has 0 aromatic heterocycles. The third-order valence-corrected chi connectivity index (χ3v) is 3.51. The molecule has 0 heterocycles. The summed E-state index contributed by atoms with van der Waals surface area (Å²) in [6, 6.07) is 6.12. The van der Waals surface area contributed by atoms with E-state index in [1.165, 1.54) is 24.8 Å². The van der Waals surface area contributed by atoms with Gasteiger partial charge < -0.3 is 15.2 Å². The lowest BCUT2D eigenvalue weighted by atomic mass is 9.98. The summed E-state index contributed by atoms with van der Waals surface area (Å²) in [4.78, 5) is 0. The van der Waals surface area contributed by atoms with Gasteiger partial charge in [0.05, 0.1) is 13.2 Å². The highest BCUT2D eigenvalue weighted by atomic mass is 16.5. The van der Waals surface area contributed by atoms with Crippen molar-refractivity contribution in [3.8, 4) is 11.5 Å². The van der Waals surface area contributed by atoms with Crippen molar-refractivity contribution in [3.05, 3.63) is 23.8 Å². The van der Waals surface area contributed by atoms with Crippen LogP contribution in [-0.2, 0) is 6.42 Å². The van der Waals surface area contributed by atoms with Gasteiger partial charge in [-0.1, -0.05) is 12.5 Å². The van der Waals surface area contributed by atoms with Gasteiger partial charge in [0.15, 0.2) is 11.5 Å². The fourth-order valence-corrected chi connectivity index (χ4v) is 2.49. The first kappa shape index (κ1) is 13.2. The number of hydrogen-bond acceptors (Lipinski definition) is 3. The second-order valence-electron chi connectivity index (χ2n) is 4.90. The summed E-state index contributed by atoms with van der Waals surface area (Å²) in [5.41, 5.74) is 6.77. The minimum atomic E-state index is 0.355. The second-order valence-corrected chi connectivity index (χ2v) is 4.90. The highest BCUT2D eigenvalue weighted by Gasteiger charge is 2.16. The van der Waals surface area contributed by atoms with Crippen molar-refractivity contribution >= 4 is 0 Å². The van der Waals surface area contributed by atoms with Crippen LogP contribution in [-0.4, -0.2) is 19.8 Å². The molecule has 0 radical (unpaired) electrons. The summed E-state index contributed by atoms with van der Waals surface area (Å²) in [5.74, 6) is 1.69. The van der Waals surface area contributed by atoms with Crippen molar-refractivity contribution in [1.82, 2.24) is 0 Å². The Balaban J connectivity index is 2.06. The molecule has 1 aliphatic carbocycles. The maximum atomic E-state index is 6.05. The molecule has 2 rings (SSSR count). The average Bonchev–Trinajstić information content (AvgIpc) is 2.42. The Hall–Kier alpha value is -1.22. The maximum Gasteiger partial charge on any atom is 0.161 e. The summed E-state index contributed by atoms with van der Waals surface area (Å²) in [5, 5.41) is 0. The SMILES string of the molecule is COc1cc(CCN)ccc1OC1CCCCC1. The molecule has 0 aliphatic heterocycles. The lowest BCUT2D eigenvalue weighted by molar-refractivity contribution is 0.149. The highest BCUT2D eigenvalue weighted by Crippen LogP contribution is 2.31. The molecular weight excluding hydrogens is 226 g/mol. The Labute approximate surface area is 109 Å². The van der Waals surface area contributed by atoms with Gasteiger partial charge in [-0.2, -0.15) is 0 Å². The summed E-state index contributed by atoms with van der Waals surface area (Å²) in [6.45, 7) is 0.659. The van der Waals surface area contributed by atoms with Crippen LogP contribution in [0.2, 0.25) is 0 Å².